The van der Waals surface area contributed by atoms with E-state index in [1.165, 1.54) is 0 Å². The molecule has 1 aromatic heterocycles. The Balaban J connectivity index is 2.72. The second-order valence-corrected chi connectivity index (χ2v) is 6.88. The molecule has 112 valence electrons. The van der Waals surface area contributed by atoms with Crippen LogP contribution < -0.4 is 4.90 Å². The van der Waals surface area contributed by atoms with Crippen molar-refractivity contribution in [1.29, 1.82) is 0 Å². The summed E-state index contributed by atoms with van der Waals surface area (Å²) in [5, 5.41) is 0. The summed E-state index contributed by atoms with van der Waals surface area (Å²) in [6, 6.07) is 1.92. The first-order chi connectivity index (χ1) is 9.24. The second-order valence-electron chi connectivity index (χ2n) is 6.88. The van der Waals surface area contributed by atoms with Crippen molar-refractivity contribution in [3.8, 4) is 0 Å². The normalized spacial score (nSPS) is 13.1. The van der Waals surface area contributed by atoms with Crippen LogP contribution in [0.2, 0.25) is 0 Å². The van der Waals surface area contributed by atoms with Crippen LogP contribution in [0.4, 0.5) is 5.69 Å². The van der Waals surface area contributed by atoms with Gasteiger partial charge in [0.25, 0.3) is 0 Å². The van der Waals surface area contributed by atoms with Gasteiger partial charge >= 0.3 is 0 Å². The van der Waals surface area contributed by atoms with Gasteiger partial charge in [0, 0.05) is 31.5 Å². The number of hydrogen-bond acceptors (Lipinski definition) is 2. The standard InChI is InChI=1S/C17H28N2O/c1-7-14-12-18-9-8-15(14)19(6)16(20)10-13(2)11-17(3,4)5/h8-9,12-13H,7,10-11H2,1-6H3. The van der Waals surface area contributed by atoms with Crippen molar-refractivity contribution < 1.29 is 4.79 Å². The highest BCUT2D eigenvalue weighted by Crippen LogP contribution is 2.27. The lowest BCUT2D eigenvalue weighted by molar-refractivity contribution is -0.119. The second kappa shape index (κ2) is 6.87. The van der Waals surface area contributed by atoms with E-state index in [0.29, 0.717) is 12.3 Å². The number of aromatic nitrogens is 1. The molecule has 0 fully saturated rings. The number of rotatable bonds is 5. The van der Waals surface area contributed by atoms with E-state index in [-0.39, 0.29) is 11.3 Å². The third kappa shape index (κ3) is 4.95. The smallest absolute Gasteiger partial charge is 0.226 e. The molecular formula is C17H28N2O. The van der Waals surface area contributed by atoms with Crippen molar-refractivity contribution in [1.82, 2.24) is 4.98 Å². The predicted molar refractivity (Wildman–Crippen MR) is 84.9 cm³/mol. The van der Waals surface area contributed by atoms with E-state index in [1.807, 2.05) is 19.3 Å². The average molecular weight is 276 g/mol. The summed E-state index contributed by atoms with van der Waals surface area (Å²) >= 11 is 0. The molecule has 0 radical (unpaired) electrons. The first-order valence-electron chi connectivity index (χ1n) is 7.44. The maximum atomic E-state index is 12.4. The van der Waals surface area contributed by atoms with Crippen LogP contribution in [0.15, 0.2) is 18.5 Å². The van der Waals surface area contributed by atoms with E-state index in [9.17, 15) is 4.79 Å². The molecule has 0 aliphatic heterocycles. The third-order valence-electron chi connectivity index (χ3n) is 3.48. The van der Waals surface area contributed by atoms with Crippen molar-refractivity contribution in [3.05, 3.63) is 24.0 Å². The van der Waals surface area contributed by atoms with E-state index in [0.717, 1.165) is 24.1 Å². The molecule has 1 atom stereocenters. The number of anilines is 1. The molecule has 0 N–H and O–H groups in total. The van der Waals surface area contributed by atoms with Gasteiger partial charge in [-0.15, -0.1) is 0 Å². The molecule has 1 unspecified atom stereocenters. The fourth-order valence-corrected chi connectivity index (χ4v) is 2.71. The van der Waals surface area contributed by atoms with Crippen LogP contribution in [0.25, 0.3) is 0 Å². The Labute approximate surface area is 123 Å². The van der Waals surface area contributed by atoms with Crippen LogP contribution in [0.3, 0.4) is 0 Å². The first kappa shape index (κ1) is 16.7. The van der Waals surface area contributed by atoms with Crippen LogP contribution in [0.1, 0.15) is 53.0 Å². The lowest BCUT2D eigenvalue weighted by Crippen LogP contribution is -2.29. The summed E-state index contributed by atoms with van der Waals surface area (Å²) in [6.45, 7) is 10.9. The van der Waals surface area contributed by atoms with Crippen LogP contribution >= 0.6 is 0 Å². The maximum Gasteiger partial charge on any atom is 0.226 e. The van der Waals surface area contributed by atoms with Crippen molar-refractivity contribution in [3.63, 3.8) is 0 Å². The molecule has 0 saturated heterocycles. The summed E-state index contributed by atoms with van der Waals surface area (Å²) in [5.41, 5.74) is 2.37. The molecule has 3 heteroatoms. The Bertz CT molecular complexity index is 449. The number of amides is 1. The molecular weight excluding hydrogens is 248 g/mol. The number of aryl methyl sites for hydroxylation is 1. The molecule has 1 heterocycles. The van der Waals surface area contributed by atoms with Gasteiger partial charge in [0.15, 0.2) is 0 Å². The third-order valence-corrected chi connectivity index (χ3v) is 3.48. The molecule has 0 aromatic carbocycles. The number of pyridine rings is 1. The number of carbonyl (C=O) groups is 1. The van der Waals surface area contributed by atoms with Crippen molar-refractivity contribution >= 4 is 11.6 Å². The van der Waals surface area contributed by atoms with E-state index < -0.39 is 0 Å². The number of hydrogen-bond donors (Lipinski definition) is 0. The number of nitrogens with zero attached hydrogens (tertiary/aromatic N) is 2. The Hall–Kier alpha value is -1.38. The van der Waals surface area contributed by atoms with Gasteiger partial charge < -0.3 is 4.90 Å². The van der Waals surface area contributed by atoms with E-state index in [4.69, 9.17) is 0 Å². The van der Waals surface area contributed by atoms with E-state index in [2.05, 4.69) is 39.6 Å². The molecule has 20 heavy (non-hydrogen) atoms. The van der Waals surface area contributed by atoms with Gasteiger partial charge in [-0.2, -0.15) is 0 Å². The Morgan fingerprint density at radius 2 is 2.05 bits per heavy atom. The van der Waals surface area contributed by atoms with Crippen molar-refractivity contribution in [2.24, 2.45) is 11.3 Å². The molecule has 0 spiro atoms. The van der Waals surface area contributed by atoms with Gasteiger partial charge in [0.05, 0.1) is 0 Å². The first-order valence-corrected chi connectivity index (χ1v) is 7.44. The van der Waals surface area contributed by atoms with Crippen molar-refractivity contribution in [2.45, 2.75) is 53.9 Å². The minimum absolute atomic E-state index is 0.183. The molecule has 1 amide bonds. The molecule has 0 aliphatic rings. The van der Waals surface area contributed by atoms with Gasteiger partial charge in [0.1, 0.15) is 0 Å². The molecule has 3 nitrogen and oxygen atoms in total. The fourth-order valence-electron chi connectivity index (χ4n) is 2.71. The minimum Gasteiger partial charge on any atom is -0.315 e. The SMILES string of the molecule is CCc1cnccc1N(C)C(=O)CC(C)CC(C)(C)C. The van der Waals surface area contributed by atoms with Gasteiger partial charge in [0.2, 0.25) is 5.91 Å². The lowest BCUT2D eigenvalue weighted by Gasteiger charge is -2.25. The predicted octanol–water partition coefficient (Wildman–Crippen LogP) is 4.07. The zero-order valence-electron chi connectivity index (χ0n) is 13.7. The summed E-state index contributed by atoms with van der Waals surface area (Å²) in [5.74, 6) is 0.583. The highest BCUT2D eigenvalue weighted by Gasteiger charge is 2.20. The molecule has 1 aromatic rings. The lowest BCUT2D eigenvalue weighted by atomic mass is 9.84. The average Bonchev–Trinajstić information content (AvgIpc) is 2.35. The monoisotopic (exact) mass is 276 g/mol. The summed E-state index contributed by atoms with van der Waals surface area (Å²) < 4.78 is 0. The summed E-state index contributed by atoms with van der Waals surface area (Å²) in [4.78, 5) is 18.3. The molecule has 0 bridgehead atoms. The number of carbonyl (C=O) groups excluding carboxylic acids is 1. The van der Waals surface area contributed by atoms with E-state index in [1.54, 1.807) is 11.1 Å². The maximum absolute atomic E-state index is 12.4. The quantitative estimate of drug-likeness (QED) is 0.812. The van der Waals surface area contributed by atoms with Crippen LogP contribution in [-0.2, 0) is 11.2 Å². The zero-order valence-corrected chi connectivity index (χ0v) is 13.7. The van der Waals surface area contributed by atoms with Gasteiger partial charge in [-0.1, -0.05) is 34.6 Å². The highest BCUT2D eigenvalue weighted by atomic mass is 16.2. The van der Waals surface area contributed by atoms with Gasteiger partial charge in [-0.3, -0.25) is 9.78 Å². The molecule has 1 rings (SSSR count). The zero-order chi connectivity index (χ0) is 15.3. The Morgan fingerprint density at radius 1 is 1.40 bits per heavy atom. The van der Waals surface area contributed by atoms with Crippen LogP contribution in [0, 0.1) is 11.3 Å². The van der Waals surface area contributed by atoms with Gasteiger partial charge in [-0.25, -0.2) is 0 Å². The highest BCUT2D eigenvalue weighted by molar-refractivity contribution is 5.93. The summed E-state index contributed by atoms with van der Waals surface area (Å²) in [7, 11) is 1.86. The molecule has 0 aliphatic carbocycles. The van der Waals surface area contributed by atoms with Crippen LogP contribution in [0.5, 0.6) is 0 Å². The van der Waals surface area contributed by atoms with Gasteiger partial charge in [-0.05, 0) is 35.8 Å². The van der Waals surface area contributed by atoms with Crippen LogP contribution in [-0.4, -0.2) is 17.9 Å². The fraction of sp³-hybridized carbons (Fsp3) is 0.647. The topological polar surface area (TPSA) is 33.2 Å². The molecule has 0 saturated carbocycles. The van der Waals surface area contributed by atoms with E-state index >= 15 is 0 Å². The Morgan fingerprint density at radius 3 is 2.60 bits per heavy atom. The summed E-state index contributed by atoms with van der Waals surface area (Å²) in [6.07, 6.45) is 6.13. The minimum atomic E-state index is 0.183. The Kier molecular flexibility index (Phi) is 5.73. The van der Waals surface area contributed by atoms with Crippen molar-refractivity contribution in [2.75, 3.05) is 11.9 Å². The largest absolute Gasteiger partial charge is 0.315 e.